The standard InChI is InChI=1S/C24H25ClFN5O4/c1-30(2)8-3-4-23(32)29-21-11-17-20(12-22(21)35-16-7-9-34-13-16)27-14-31(33)24(17)28-15-5-6-19(26)18(25)10-15/h3-6,10-12,14,16,33H,7-9,13H2,1-2H3,(H,29,32)/b4-3+,28-24?/t16-/m0/s1. The van der Waals surface area contributed by atoms with Crippen LogP contribution >= 0.6 is 11.6 Å². The van der Waals surface area contributed by atoms with E-state index in [0.29, 0.717) is 47.8 Å². The van der Waals surface area contributed by atoms with E-state index in [1.54, 1.807) is 18.2 Å². The first-order valence-corrected chi connectivity index (χ1v) is 11.3. The van der Waals surface area contributed by atoms with Crippen LogP contribution in [0.1, 0.15) is 6.42 Å². The van der Waals surface area contributed by atoms with Crippen molar-refractivity contribution in [2.45, 2.75) is 12.5 Å². The van der Waals surface area contributed by atoms with Gasteiger partial charge >= 0.3 is 0 Å². The zero-order valence-corrected chi connectivity index (χ0v) is 20.0. The third kappa shape index (κ3) is 6.16. The highest BCUT2D eigenvalue weighted by molar-refractivity contribution is 6.31. The molecule has 0 unspecified atom stereocenters. The number of carbonyl (C=O) groups excluding carboxylic acids is 1. The number of nitrogens with one attached hydrogen (secondary N) is 1. The van der Waals surface area contributed by atoms with E-state index in [1.165, 1.54) is 30.6 Å². The quantitative estimate of drug-likeness (QED) is 0.379. The molecule has 3 aromatic rings. The van der Waals surface area contributed by atoms with E-state index in [2.05, 4.69) is 15.3 Å². The third-order valence-electron chi connectivity index (χ3n) is 5.18. The summed E-state index contributed by atoms with van der Waals surface area (Å²) in [6.45, 7) is 1.64. The molecule has 2 aromatic carbocycles. The number of amides is 1. The summed E-state index contributed by atoms with van der Waals surface area (Å²) in [7, 11) is 3.80. The SMILES string of the molecule is CN(C)C/C=C/C(=O)Nc1cc2c(=Nc3ccc(F)c(Cl)c3)n(O)cnc2cc1O[C@H]1CCOC1. The van der Waals surface area contributed by atoms with Crippen LogP contribution in [0.2, 0.25) is 5.02 Å². The highest BCUT2D eigenvalue weighted by atomic mass is 35.5. The van der Waals surface area contributed by atoms with Gasteiger partial charge in [0.1, 0.15) is 24.0 Å². The predicted molar refractivity (Wildman–Crippen MR) is 130 cm³/mol. The van der Waals surface area contributed by atoms with Crippen molar-refractivity contribution in [3.63, 3.8) is 0 Å². The minimum absolute atomic E-state index is 0.0963. The van der Waals surface area contributed by atoms with Gasteiger partial charge in [-0.05, 0) is 38.4 Å². The molecule has 1 fully saturated rings. The molecule has 184 valence electrons. The van der Waals surface area contributed by atoms with Gasteiger partial charge in [-0.1, -0.05) is 17.7 Å². The molecule has 1 saturated heterocycles. The molecular weight excluding hydrogens is 477 g/mol. The summed E-state index contributed by atoms with van der Waals surface area (Å²) in [5, 5.41) is 13.6. The number of benzene rings is 2. The number of nitrogens with zero attached hydrogens (tertiary/aromatic N) is 4. The first kappa shape index (κ1) is 24.6. The Morgan fingerprint density at radius 2 is 2.26 bits per heavy atom. The molecule has 0 bridgehead atoms. The first-order valence-electron chi connectivity index (χ1n) is 10.9. The van der Waals surface area contributed by atoms with Crippen LogP contribution in [0.3, 0.4) is 0 Å². The molecule has 0 radical (unpaired) electrons. The second-order valence-electron chi connectivity index (χ2n) is 8.25. The van der Waals surface area contributed by atoms with Gasteiger partial charge < -0.3 is 24.9 Å². The predicted octanol–water partition coefficient (Wildman–Crippen LogP) is 3.52. The average molecular weight is 502 g/mol. The molecule has 1 aliphatic rings. The van der Waals surface area contributed by atoms with E-state index in [0.717, 1.165) is 11.2 Å². The summed E-state index contributed by atoms with van der Waals surface area (Å²) in [5.74, 6) is -0.503. The second kappa shape index (κ2) is 10.9. The Labute approximate surface area is 206 Å². The lowest BCUT2D eigenvalue weighted by Crippen LogP contribution is -2.21. The Bertz CT molecular complexity index is 1340. The number of carbonyl (C=O) groups is 1. The van der Waals surface area contributed by atoms with Gasteiger partial charge in [-0.25, -0.2) is 14.4 Å². The monoisotopic (exact) mass is 501 g/mol. The number of aromatic nitrogens is 2. The lowest BCUT2D eigenvalue weighted by molar-refractivity contribution is -0.111. The summed E-state index contributed by atoms with van der Waals surface area (Å²) in [4.78, 5) is 23.2. The number of rotatable bonds is 7. The molecule has 1 amide bonds. The second-order valence-corrected chi connectivity index (χ2v) is 8.65. The smallest absolute Gasteiger partial charge is 0.248 e. The summed E-state index contributed by atoms with van der Waals surface area (Å²) >= 11 is 5.88. The Morgan fingerprint density at radius 1 is 1.43 bits per heavy atom. The minimum atomic E-state index is -0.577. The Morgan fingerprint density at radius 3 is 2.97 bits per heavy atom. The zero-order chi connectivity index (χ0) is 24.9. The molecule has 1 aliphatic heterocycles. The topological polar surface area (TPSA) is 101 Å². The molecular formula is C24H25ClFN5O4. The van der Waals surface area contributed by atoms with E-state index < -0.39 is 5.82 Å². The van der Waals surface area contributed by atoms with E-state index in [-0.39, 0.29) is 22.5 Å². The molecule has 35 heavy (non-hydrogen) atoms. The Kier molecular flexibility index (Phi) is 7.64. The van der Waals surface area contributed by atoms with Crippen molar-refractivity contribution in [3.8, 4) is 5.75 Å². The van der Waals surface area contributed by atoms with Gasteiger partial charge in [0.15, 0.2) is 5.49 Å². The van der Waals surface area contributed by atoms with Crippen molar-refractivity contribution < 1.29 is 23.9 Å². The number of hydrogen-bond acceptors (Lipinski definition) is 7. The first-order chi connectivity index (χ1) is 16.8. The van der Waals surface area contributed by atoms with Gasteiger partial charge in [0.25, 0.3) is 0 Å². The van der Waals surface area contributed by atoms with Crippen LogP contribution in [-0.4, -0.2) is 65.7 Å². The molecule has 4 rings (SSSR count). The van der Waals surface area contributed by atoms with Crippen molar-refractivity contribution in [3.05, 3.63) is 65.1 Å². The number of anilines is 1. The fourth-order valence-corrected chi connectivity index (χ4v) is 3.64. The Hall–Kier alpha value is -3.47. The largest absolute Gasteiger partial charge is 0.486 e. The van der Waals surface area contributed by atoms with E-state index >= 15 is 0 Å². The van der Waals surface area contributed by atoms with Gasteiger partial charge in [0, 0.05) is 30.5 Å². The maximum atomic E-state index is 13.6. The highest BCUT2D eigenvalue weighted by Gasteiger charge is 2.20. The van der Waals surface area contributed by atoms with Crippen LogP contribution < -0.4 is 15.5 Å². The van der Waals surface area contributed by atoms with Crippen molar-refractivity contribution in [2.24, 2.45) is 4.99 Å². The maximum Gasteiger partial charge on any atom is 0.248 e. The van der Waals surface area contributed by atoms with E-state index in [9.17, 15) is 14.4 Å². The van der Waals surface area contributed by atoms with E-state index in [4.69, 9.17) is 21.1 Å². The van der Waals surface area contributed by atoms with Gasteiger partial charge in [-0.3, -0.25) is 4.79 Å². The normalized spacial score (nSPS) is 16.5. The van der Waals surface area contributed by atoms with Crippen molar-refractivity contribution in [1.29, 1.82) is 0 Å². The molecule has 0 aliphatic carbocycles. The average Bonchev–Trinajstić information content (AvgIpc) is 3.32. The van der Waals surface area contributed by atoms with E-state index in [1.807, 2.05) is 19.0 Å². The Balaban J connectivity index is 1.80. The number of fused-ring (bicyclic) bond motifs is 1. The van der Waals surface area contributed by atoms with Crippen LogP contribution in [0.15, 0.2) is 53.8 Å². The fourth-order valence-electron chi connectivity index (χ4n) is 3.46. The summed E-state index contributed by atoms with van der Waals surface area (Å²) in [6.07, 6.45) is 4.93. The molecule has 11 heteroatoms. The van der Waals surface area contributed by atoms with Crippen LogP contribution in [0.4, 0.5) is 15.8 Å². The number of hydrogen-bond donors (Lipinski definition) is 2. The molecule has 0 spiro atoms. The maximum absolute atomic E-state index is 13.6. The molecule has 2 N–H and O–H groups in total. The van der Waals surface area contributed by atoms with Gasteiger partial charge in [0.2, 0.25) is 5.91 Å². The third-order valence-corrected chi connectivity index (χ3v) is 5.47. The van der Waals surface area contributed by atoms with Crippen LogP contribution in [0.25, 0.3) is 10.9 Å². The molecule has 0 saturated carbocycles. The van der Waals surface area contributed by atoms with Gasteiger partial charge in [0.05, 0.1) is 35.1 Å². The van der Waals surface area contributed by atoms with Crippen molar-refractivity contribution >= 4 is 39.8 Å². The summed E-state index contributed by atoms with van der Waals surface area (Å²) in [5.41, 5.74) is 1.29. The van der Waals surface area contributed by atoms with Gasteiger partial charge in [-0.15, -0.1) is 0 Å². The summed E-state index contributed by atoms with van der Waals surface area (Å²) in [6, 6.07) is 7.27. The van der Waals surface area contributed by atoms with Crippen LogP contribution in [-0.2, 0) is 9.53 Å². The highest BCUT2D eigenvalue weighted by Crippen LogP contribution is 2.31. The molecule has 1 atom stereocenters. The molecule has 9 nitrogen and oxygen atoms in total. The van der Waals surface area contributed by atoms with Gasteiger partial charge in [-0.2, -0.15) is 4.73 Å². The molecule has 2 heterocycles. The minimum Gasteiger partial charge on any atom is -0.486 e. The zero-order valence-electron chi connectivity index (χ0n) is 19.2. The number of ether oxygens (including phenoxy) is 2. The van der Waals surface area contributed by atoms with Crippen molar-refractivity contribution in [1.82, 2.24) is 14.6 Å². The van der Waals surface area contributed by atoms with Crippen LogP contribution in [0.5, 0.6) is 5.75 Å². The lowest BCUT2D eigenvalue weighted by Gasteiger charge is -2.17. The lowest BCUT2D eigenvalue weighted by atomic mass is 10.2. The van der Waals surface area contributed by atoms with Crippen molar-refractivity contribution in [2.75, 3.05) is 39.2 Å². The molecule has 1 aromatic heterocycles. The fraction of sp³-hybridized carbons (Fsp3) is 0.292. The number of halogens is 2. The van der Waals surface area contributed by atoms with Crippen LogP contribution in [0, 0.1) is 5.82 Å². The summed E-state index contributed by atoms with van der Waals surface area (Å²) < 4.78 is 25.8. The number of likely N-dealkylation sites (N-methyl/N-ethyl adjacent to an activating group) is 1.